The molecule has 0 aromatic heterocycles. The summed E-state index contributed by atoms with van der Waals surface area (Å²) in [4.78, 5) is 11.8. The van der Waals surface area contributed by atoms with Crippen LogP contribution >= 0.6 is 0 Å². The van der Waals surface area contributed by atoms with Crippen molar-refractivity contribution in [3.05, 3.63) is 34.9 Å². The zero-order valence-corrected chi connectivity index (χ0v) is 11.8. The molecule has 1 aromatic rings. The topological polar surface area (TPSA) is 55.1 Å². The molecule has 1 rings (SSSR count). The Kier molecular flexibility index (Phi) is 4.91. The van der Waals surface area contributed by atoms with E-state index < -0.39 is 5.41 Å². The molecule has 0 saturated carbocycles. The SMILES string of the molecule is Cc1ccc(CCNC(=O)C(C)(C)CN)c(C)c1. The molecular weight excluding hydrogens is 224 g/mol. The van der Waals surface area contributed by atoms with Crippen LogP contribution in [0.4, 0.5) is 0 Å². The molecule has 3 heteroatoms. The van der Waals surface area contributed by atoms with Crippen molar-refractivity contribution in [3.8, 4) is 0 Å². The maximum absolute atomic E-state index is 11.8. The normalized spacial score (nSPS) is 11.4. The highest BCUT2D eigenvalue weighted by Gasteiger charge is 2.24. The Morgan fingerprint density at radius 2 is 2.00 bits per heavy atom. The van der Waals surface area contributed by atoms with E-state index in [1.807, 2.05) is 13.8 Å². The molecule has 0 heterocycles. The van der Waals surface area contributed by atoms with Crippen molar-refractivity contribution in [1.29, 1.82) is 0 Å². The highest BCUT2D eigenvalue weighted by atomic mass is 16.2. The number of nitrogens with one attached hydrogen (secondary N) is 1. The standard InChI is InChI=1S/C15H24N2O/c1-11-5-6-13(12(2)9-11)7-8-17-14(18)15(3,4)10-16/h5-6,9H,7-8,10,16H2,1-4H3,(H,17,18). The number of carbonyl (C=O) groups is 1. The fourth-order valence-electron chi connectivity index (χ4n) is 1.77. The molecule has 3 nitrogen and oxygen atoms in total. The van der Waals surface area contributed by atoms with E-state index in [1.54, 1.807) is 0 Å². The van der Waals surface area contributed by atoms with Crippen LogP contribution in [0.2, 0.25) is 0 Å². The van der Waals surface area contributed by atoms with Crippen molar-refractivity contribution in [1.82, 2.24) is 5.32 Å². The number of carbonyl (C=O) groups excluding carboxylic acids is 1. The summed E-state index contributed by atoms with van der Waals surface area (Å²) in [5, 5.41) is 2.95. The second-order valence-corrected chi connectivity index (χ2v) is 5.52. The Balaban J connectivity index is 2.50. The van der Waals surface area contributed by atoms with E-state index in [-0.39, 0.29) is 5.91 Å². The first-order chi connectivity index (χ1) is 8.36. The molecule has 3 N–H and O–H groups in total. The van der Waals surface area contributed by atoms with Gasteiger partial charge < -0.3 is 11.1 Å². The van der Waals surface area contributed by atoms with E-state index >= 15 is 0 Å². The van der Waals surface area contributed by atoms with E-state index in [0.717, 1.165) is 6.42 Å². The zero-order chi connectivity index (χ0) is 13.8. The molecule has 0 spiro atoms. The van der Waals surface area contributed by atoms with E-state index in [4.69, 9.17) is 5.73 Å². The van der Waals surface area contributed by atoms with Crippen molar-refractivity contribution in [2.24, 2.45) is 11.1 Å². The average Bonchev–Trinajstić information content (AvgIpc) is 2.31. The van der Waals surface area contributed by atoms with Crippen molar-refractivity contribution in [3.63, 3.8) is 0 Å². The fraction of sp³-hybridized carbons (Fsp3) is 0.533. The lowest BCUT2D eigenvalue weighted by Crippen LogP contribution is -2.42. The van der Waals surface area contributed by atoms with Crippen LogP contribution in [-0.4, -0.2) is 19.0 Å². The van der Waals surface area contributed by atoms with Gasteiger partial charge >= 0.3 is 0 Å². The molecule has 0 saturated heterocycles. The van der Waals surface area contributed by atoms with Crippen LogP contribution in [0, 0.1) is 19.3 Å². The van der Waals surface area contributed by atoms with Gasteiger partial charge in [-0.05, 0) is 45.2 Å². The summed E-state index contributed by atoms with van der Waals surface area (Å²) < 4.78 is 0. The summed E-state index contributed by atoms with van der Waals surface area (Å²) in [5.41, 5.74) is 8.92. The van der Waals surface area contributed by atoms with Crippen LogP contribution in [0.15, 0.2) is 18.2 Å². The van der Waals surface area contributed by atoms with Gasteiger partial charge in [0, 0.05) is 13.1 Å². The molecule has 0 aliphatic carbocycles. The van der Waals surface area contributed by atoms with Gasteiger partial charge in [0.2, 0.25) is 5.91 Å². The lowest BCUT2D eigenvalue weighted by Gasteiger charge is -2.21. The summed E-state index contributed by atoms with van der Waals surface area (Å²) in [6.07, 6.45) is 0.860. The van der Waals surface area contributed by atoms with Gasteiger partial charge in [-0.1, -0.05) is 23.8 Å². The molecule has 0 aliphatic rings. The minimum absolute atomic E-state index is 0.0229. The maximum atomic E-state index is 11.8. The molecule has 0 unspecified atom stereocenters. The summed E-state index contributed by atoms with van der Waals surface area (Å²) in [5.74, 6) is 0.0229. The average molecular weight is 248 g/mol. The number of aryl methyl sites for hydroxylation is 2. The smallest absolute Gasteiger partial charge is 0.226 e. The summed E-state index contributed by atoms with van der Waals surface area (Å²) >= 11 is 0. The summed E-state index contributed by atoms with van der Waals surface area (Å²) in [6.45, 7) is 8.93. The number of nitrogens with two attached hydrogens (primary N) is 1. The van der Waals surface area contributed by atoms with Crippen molar-refractivity contribution >= 4 is 5.91 Å². The minimum atomic E-state index is -0.484. The number of amides is 1. The summed E-state index contributed by atoms with van der Waals surface area (Å²) in [6, 6.07) is 6.40. The number of hydrogen-bond donors (Lipinski definition) is 2. The first kappa shape index (κ1) is 14.7. The third-order valence-electron chi connectivity index (χ3n) is 3.30. The lowest BCUT2D eigenvalue weighted by atomic mass is 9.92. The van der Waals surface area contributed by atoms with Crippen molar-refractivity contribution < 1.29 is 4.79 Å². The van der Waals surface area contributed by atoms with Gasteiger partial charge in [-0.3, -0.25) is 4.79 Å². The van der Waals surface area contributed by atoms with E-state index in [2.05, 4.69) is 37.4 Å². The Morgan fingerprint density at radius 1 is 1.33 bits per heavy atom. The van der Waals surface area contributed by atoms with Gasteiger partial charge in [-0.15, -0.1) is 0 Å². The minimum Gasteiger partial charge on any atom is -0.355 e. The fourth-order valence-corrected chi connectivity index (χ4v) is 1.77. The molecular formula is C15H24N2O. The quantitative estimate of drug-likeness (QED) is 0.836. The first-order valence-corrected chi connectivity index (χ1v) is 6.41. The number of rotatable bonds is 5. The van der Waals surface area contributed by atoms with Gasteiger partial charge in [0.15, 0.2) is 0 Å². The largest absolute Gasteiger partial charge is 0.355 e. The zero-order valence-electron chi connectivity index (χ0n) is 11.8. The van der Waals surface area contributed by atoms with E-state index in [1.165, 1.54) is 16.7 Å². The van der Waals surface area contributed by atoms with E-state index in [0.29, 0.717) is 13.1 Å². The number of hydrogen-bond acceptors (Lipinski definition) is 2. The Labute approximate surface area is 110 Å². The van der Waals surface area contributed by atoms with Crippen molar-refractivity contribution in [2.45, 2.75) is 34.1 Å². The Hall–Kier alpha value is -1.35. The van der Waals surface area contributed by atoms with Gasteiger partial charge in [-0.25, -0.2) is 0 Å². The molecule has 0 fully saturated rings. The first-order valence-electron chi connectivity index (χ1n) is 6.41. The second kappa shape index (κ2) is 6.01. The molecule has 100 valence electrons. The lowest BCUT2D eigenvalue weighted by molar-refractivity contribution is -0.128. The van der Waals surface area contributed by atoms with Crippen LogP contribution in [0.3, 0.4) is 0 Å². The highest BCUT2D eigenvalue weighted by Crippen LogP contribution is 2.13. The Bertz CT molecular complexity index is 425. The predicted molar refractivity (Wildman–Crippen MR) is 75.5 cm³/mol. The second-order valence-electron chi connectivity index (χ2n) is 5.52. The van der Waals surface area contributed by atoms with E-state index in [9.17, 15) is 4.79 Å². The molecule has 1 aromatic carbocycles. The van der Waals surface area contributed by atoms with Gasteiger partial charge in [-0.2, -0.15) is 0 Å². The van der Waals surface area contributed by atoms with Gasteiger partial charge in [0.05, 0.1) is 5.41 Å². The van der Waals surface area contributed by atoms with Gasteiger partial charge in [0.25, 0.3) is 0 Å². The third kappa shape index (κ3) is 3.84. The number of benzene rings is 1. The van der Waals surface area contributed by atoms with Crippen LogP contribution in [0.25, 0.3) is 0 Å². The molecule has 0 aliphatic heterocycles. The van der Waals surface area contributed by atoms with Crippen LogP contribution in [-0.2, 0) is 11.2 Å². The molecule has 0 atom stereocenters. The molecule has 0 radical (unpaired) electrons. The molecule has 0 bridgehead atoms. The maximum Gasteiger partial charge on any atom is 0.226 e. The monoisotopic (exact) mass is 248 g/mol. The van der Waals surface area contributed by atoms with Crippen LogP contribution < -0.4 is 11.1 Å². The Morgan fingerprint density at radius 3 is 2.56 bits per heavy atom. The third-order valence-corrected chi connectivity index (χ3v) is 3.30. The predicted octanol–water partition coefficient (Wildman–Crippen LogP) is 1.95. The summed E-state index contributed by atoms with van der Waals surface area (Å²) in [7, 11) is 0. The highest BCUT2D eigenvalue weighted by molar-refractivity contribution is 5.82. The molecule has 18 heavy (non-hydrogen) atoms. The van der Waals surface area contributed by atoms with Crippen molar-refractivity contribution in [2.75, 3.05) is 13.1 Å². The van der Waals surface area contributed by atoms with Crippen LogP contribution in [0.5, 0.6) is 0 Å². The van der Waals surface area contributed by atoms with Gasteiger partial charge in [0.1, 0.15) is 0 Å². The molecule has 1 amide bonds. The van der Waals surface area contributed by atoms with Crippen LogP contribution in [0.1, 0.15) is 30.5 Å².